The van der Waals surface area contributed by atoms with E-state index in [0.29, 0.717) is 50.4 Å². The normalized spacial score (nSPS) is 15.3. The zero-order valence-corrected chi connectivity index (χ0v) is 17.1. The first-order valence-electron chi connectivity index (χ1n) is 10.2. The number of amides is 1. The third-order valence-electron chi connectivity index (χ3n) is 4.92. The monoisotopic (exact) mass is 403 g/mol. The van der Waals surface area contributed by atoms with Crippen molar-refractivity contribution in [1.29, 1.82) is 0 Å². The van der Waals surface area contributed by atoms with E-state index in [9.17, 15) is 9.59 Å². The summed E-state index contributed by atoms with van der Waals surface area (Å²) < 4.78 is 14.5. The molecule has 0 fully saturated rings. The van der Waals surface area contributed by atoms with Crippen molar-refractivity contribution in [2.75, 3.05) is 26.4 Å². The summed E-state index contributed by atoms with van der Waals surface area (Å²) in [5.41, 5.74) is 2.86. The average Bonchev–Trinajstić information content (AvgIpc) is 3.29. The summed E-state index contributed by atoms with van der Waals surface area (Å²) in [5.74, 6) is -0.455. The molecule has 0 aliphatic carbocycles. The number of carbonyl (C=O) groups excluding carboxylic acids is 2. The van der Waals surface area contributed by atoms with Crippen LogP contribution in [0.5, 0.6) is 0 Å². The molecule has 0 atom stereocenters. The molecule has 0 radical (unpaired) electrons. The Balaban J connectivity index is 1.66. The molecule has 3 rings (SSSR count). The Kier molecular flexibility index (Phi) is 7.40. The minimum absolute atomic E-state index is 0.0624. The fourth-order valence-corrected chi connectivity index (χ4v) is 3.42. The van der Waals surface area contributed by atoms with Crippen LogP contribution in [0.25, 0.3) is 0 Å². The quantitative estimate of drug-likeness (QED) is 0.580. The first kappa shape index (κ1) is 21.0. The Bertz CT molecular complexity index is 842. The van der Waals surface area contributed by atoms with E-state index in [1.54, 1.807) is 17.9 Å². The second-order valence-corrected chi connectivity index (χ2v) is 7.05. The molecule has 0 unspecified atom stereocenters. The third kappa shape index (κ3) is 5.23. The van der Waals surface area contributed by atoms with E-state index in [2.05, 4.69) is 15.4 Å². The van der Waals surface area contributed by atoms with Gasteiger partial charge < -0.3 is 19.4 Å². The fourth-order valence-electron chi connectivity index (χ4n) is 3.42. The van der Waals surface area contributed by atoms with E-state index in [-0.39, 0.29) is 12.5 Å². The molecule has 0 saturated carbocycles. The molecule has 29 heavy (non-hydrogen) atoms. The lowest BCUT2D eigenvalue weighted by Gasteiger charge is -2.10. The number of carbonyl (C=O) groups is 2. The summed E-state index contributed by atoms with van der Waals surface area (Å²) in [5, 5.41) is 7.65. The number of aromatic nitrogens is 4. The molecule has 2 aromatic rings. The smallest absolute Gasteiger partial charge is 0.356 e. The van der Waals surface area contributed by atoms with Gasteiger partial charge in [0.1, 0.15) is 5.69 Å². The molecule has 9 nitrogen and oxygen atoms in total. The predicted octanol–water partition coefficient (Wildman–Crippen LogP) is 1.51. The number of ether oxygens (including phenoxy) is 2. The number of nitrogens with one attached hydrogen (secondary N) is 1. The molecule has 1 N–H and O–H groups in total. The molecule has 0 bridgehead atoms. The second kappa shape index (κ2) is 10.2. The molecule has 9 heteroatoms. The summed E-state index contributed by atoms with van der Waals surface area (Å²) in [6.07, 6.45) is 6.72. The minimum Gasteiger partial charge on any atom is -0.461 e. The molecule has 1 aliphatic heterocycles. The summed E-state index contributed by atoms with van der Waals surface area (Å²) >= 11 is 0. The van der Waals surface area contributed by atoms with E-state index in [4.69, 9.17) is 9.47 Å². The van der Waals surface area contributed by atoms with Gasteiger partial charge in [0.25, 0.3) is 5.91 Å². The maximum atomic E-state index is 12.7. The molecule has 0 spiro atoms. The fraction of sp³-hybridized carbons (Fsp3) is 0.600. The Hall–Kier alpha value is -2.68. The molecule has 0 saturated heterocycles. The SMILES string of the molecule is CCc1nn(CCCOC(=O)c2cncn2C)c2c1C(=O)NCCCOCCC2. The van der Waals surface area contributed by atoms with Crippen LogP contribution < -0.4 is 5.32 Å². The maximum absolute atomic E-state index is 12.7. The Morgan fingerprint density at radius 1 is 1.34 bits per heavy atom. The van der Waals surface area contributed by atoms with Gasteiger partial charge in [-0.2, -0.15) is 5.10 Å². The van der Waals surface area contributed by atoms with Crippen molar-refractivity contribution in [1.82, 2.24) is 24.6 Å². The highest BCUT2D eigenvalue weighted by Crippen LogP contribution is 2.19. The van der Waals surface area contributed by atoms with Crippen LogP contribution in [0.2, 0.25) is 0 Å². The van der Waals surface area contributed by atoms with Crippen molar-refractivity contribution in [2.45, 2.75) is 45.6 Å². The van der Waals surface area contributed by atoms with Crippen LogP contribution in [0.15, 0.2) is 12.5 Å². The van der Waals surface area contributed by atoms with Gasteiger partial charge in [-0.3, -0.25) is 9.48 Å². The number of fused-ring (bicyclic) bond motifs is 1. The predicted molar refractivity (Wildman–Crippen MR) is 106 cm³/mol. The highest BCUT2D eigenvalue weighted by molar-refractivity contribution is 5.96. The van der Waals surface area contributed by atoms with Crippen LogP contribution in [0, 0.1) is 0 Å². The van der Waals surface area contributed by atoms with Crippen LogP contribution >= 0.6 is 0 Å². The number of nitrogens with zero attached hydrogens (tertiary/aromatic N) is 4. The van der Waals surface area contributed by atoms with E-state index in [1.807, 2.05) is 11.6 Å². The number of rotatable bonds is 6. The average molecular weight is 403 g/mol. The number of esters is 1. The van der Waals surface area contributed by atoms with Crippen LogP contribution in [0.3, 0.4) is 0 Å². The lowest BCUT2D eigenvalue weighted by molar-refractivity contribution is 0.0483. The van der Waals surface area contributed by atoms with Gasteiger partial charge in [-0.05, 0) is 25.7 Å². The highest BCUT2D eigenvalue weighted by Gasteiger charge is 2.23. The van der Waals surface area contributed by atoms with Gasteiger partial charge in [0.15, 0.2) is 0 Å². The maximum Gasteiger partial charge on any atom is 0.356 e. The molecular formula is C20H29N5O4. The summed E-state index contributed by atoms with van der Waals surface area (Å²) in [6, 6.07) is 0. The Labute approximate surface area is 170 Å². The van der Waals surface area contributed by atoms with Gasteiger partial charge in [-0.25, -0.2) is 9.78 Å². The minimum atomic E-state index is -0.393. The zero-order valence-electron chi connectivity index (χ0n) is 17.1. The van der Waals surface area contributed by atoms with Crippen LogP contribution in [0.1, 0.15) is 58.4 Å². The highest BCUT2D eigenvalue weighted by atomic mass is 16.5. The number of hydrogen-bond donors (Lipinski definition) is 1. The summed E-state index contributed by atoms with van der Waals surface area (Å²) in [4.78, 5) is 28.7. The van der Waals surface area contributed by atoms with Gasteiger partial charge in [-0.15, -0.1) is 0 Å². The first-order chi connectivity index (χ1) is 14.1. The van der Waals surface area contributed by atoms with Crippen LogP contribution in [-0.2, 0) is 35.9 Å². The Morgan fingerprint density at radius 2 is 2.17 bits per heavy atom. The van der Waals surface area contributed by atoms with Gasteiger partial charge >= 0.3 is 5.97 Å². The third-order valence-corrected chi connectivity index (χ3v) is 4.92. The van der Waals surface area contributed by atoms with Gasteiger partial charge in [-0.1, -0.05) is 6.92 Å². The van der Waals surface area contributed by atoms with Gasteiger partial charge in [0.2, 0.25) is 0 Å². The molecule has 1 amide bonds. The van der Waals surface area contributed by atoms with E-state index in [1.165, 1.54) is 6.20 Å². The lowest BCUT2D eigenvalue weighted by atomic mass is 10.1. The van der Waals surface area contributed by atoms with E-state index in [0.717, 1.165) is 30.7 Å². The van der Waals surface area contributed by atoms with Gasteiger partial charge in [0, 0.05) is 39.8 Å². The van der Waals surface area contributed by atoms with E-state index >= 15 is 0 Å². The molecule has 2 aromatic heterocycles. The van der Waals surface area contributed by atoms with Crippen molar-refractivity contribution in [2.24, 2.45) is 7.05 Å². The molecule has 0 aromatic carbocycles. The summed E-state index contributed by atoms with van der Waals surface area (Å²) in [6.45, 7) is 4.78. The molecule has 158 valence electrons. The van der Waals surface area contributed by atoms with Crippen LogP contribution in [-0.4, -0.2) is 57.6 Å². The van der Waals surface area contributed by atoms with Crippen molar-refractivity contribution >= 4 is 11.9 Å². The second-order valence-electron chi connectivity index (χ2n) is 7.05. The first-order valence-corrected chi connectivity index (χ1v) is 10.2. The lowest BCUT2D eigenvalue weighted by Crippen LogP contribution is -2.26. The topological polar surface area (TPSA) is 100 Å². The zero-order chi connectivity index (χ0) is 20.6. The van der Waals surface area contributed by atoms with Crippen molar-refractivity contribution in [3.8, 4) is 0 Å². The van der Waals surface area contributed by atoms with Crippen LogP contribution in [0.4, 0.5) is 0 Å². The molecule has 1 aliphatic rings. The van der Waals surface area contributed by atoms with Gasteiger partial charge in [0.05, 0.1) is 36.1 Å². The molecule has 3 heterocycles. The number of hydrogen-bond acceptors (Lipinski definition) is 6. The van der Waals surface area contributed by atoms with E-state index < -0.39 is 5.97 Å². The largest absolute Gasteiger partial charge is 0.461 e. The standard InChI is InChI=1S/C20H29N5O4/c1-3-15-18-16(7-4-10-28-11-5-8-22-19(18)26)25(23-15)9-6-12-29-20(27)17-13-21-14-24(17)2/h13-14H,3-12H2,1-2H3,(H,22,26). The van der Waals surface area contributed by atoms with Crippen molar-refractivity contribution in [3.05, 3.63) is 35.2 Å². The summed E-state index contributed by atoms with van der Waals surface area (Å²) in [7, 11) is 1.75. The van der Waals surface area contributed by atoms with Crippen molar-refractivity contribution < 1.29 is 19.1 Å². The number of aryl methyl sites for hydroxylation is 3. The molecular weight excluding hydrogens is 374 g/mol. The number of imidazole rings is 1. The van der Waals surface area contributed by atoms with Crippen molar-refractivity contribution in [3.63, 3.8) is 0 Å². The Morgan fingerprint density at radius 3 is 2.93 bits per heavy atom.